The summed E-state index contributed by atoms with van der Waals surface area (Å²) in [5, 5.41) is 10.2. The van der Waals surface area contributed by atoms with Gasteiger partial charge in [-0.05, 0) is 306 Å². The second kappa shape index (κ2) is 23.6. The minimum absolute atomic E-state index is 0. The molecule has 0 bridgehead atoms. The number of allylic oxidation sites excluding steroid dienone is 3. The zero-order valence-electron chi connectivity index (χ0n) is 56.6. The van der Waals surface area contributed by atoms with Crippen molar-refractivity contribution in [1.82, 2.24) is 0 Å². The fourth-order valence-electron chi connectivity index (χ4n) is 28.6. The SMILES string of the molecule is C.CCC(/C=C/[C@@H](C)C1CCC2C3CC=C4C[C@H](O)CC[C@]4(C)C3CC[C@@]21C)C(C)C.COC(=O)CC[C@@H](C)C1CCC2C3C[C@@H](OC)C45CC4CC[C@]5(C)C3CC[C@@]21C.CO[C@@H]1CC2C3CCC([C@H](C)C=O)[C@@]3(C)CCC2[C@@]2(C)CCC3CC312. The summed E-state index contributed by atoms with van der Waals surface area (Å²) in [6, 6.07) is 0. The van der Waals surface area contributed by atoms with E-state index in [1.54, 1.807) is 5.57 Å². The summed E-state index contributed by atoms with van der Waals surface area (Å²) in [6.45, 7) is 29.8. The van der Waals surface area contributed by atoms with Gasteiger partial charge in [0, 0.05) is 37.4 Å². The number of carbonyl (C=O) groups excluding carboxylic acids is 2. The van der Waals surface area contributed by atoms with Gasteiger partial charge < -0.3 is 24.1 Å². The van der Waals surface area contributed by atoms with Gasteiger partial charge in [0.2, 0.25) is 0 Å². The maximum Gasteiger partial charge on any atom is 0.305 e. The molecule has 6 nitrogen and oxygen atoms in total. The Hall–Kier alpha value is -1.50. The first-order chi connectivity index (χ1) is 39.9. The van der Waals surface area contributed by atoms with Gasteiger partial charge in [-0.15, -0.1) is 0 Å². The molecule has 0 aromatic carbocycles. The molecule has 1 N–H and O–H groups in total. The first-order valence-electron chi connectivity index (χ1n) is 36.6. The lowest BCUT2D eigenvalue weighted by Gasteiger charge is -2.61. The summed E-state index contributed by atoms with van der Waals surface area (Å²) >= 11 is 0. The number of hydrogen-bond acceptors (Lipinski definition) is 6. The van der Waals surface area contributed by atoms with Crippen molar-refractivity contribution < 1.29 is 28.9 Å². The Balaban J connectivity index is 0.000000132. The Kier molecular flexibility index (Phi) is 18.0. The molecule has 0 amide bonds. The van der Waals surface area contributed by atoms with Crippen molar-refractivity contribution in [3.05, 3.63) is 23.8 Å². The van der Waals surface area contributed by atoms with Crippen molar-refractivity contribution in [3.63, 3.8) is 0 Å². The zero-order chi connectivity index (χ0) is 59.9. The summed E-state index contributed by atoms with van der Waals surface area (Å²) < 4.78 is 17.3. The van der Waals surface area contributed by atoms with Crippen molar-refractivity contribution in [2.75, 3.05) is 21.3 Å². The van der Waals surface area contributed by atoms with Crippen LogP contribution in [-0.2, 0) is 23.8 Å². The quantitative estimate of drug-likeness (QED) is 0.112. The van der Waals surface area contributed by atoms with E-state index in [0.717, 1.165) is 108 Å². The molecule has 17 unspecified atom stereocenters. The van der Waals surface area contributed by atoms with E-state index in [4.69, 9.17) is 14.2 Å². The van der Waals surface area contributed by atoms with Gasteiger partial charge in [-0.1, -0.05) is 114 Å². The normalized spacial score (nSPS) is 52.0. The number of aldehydes is 1. The van der Waals surface area contributed by atoms with Crippen LogP contribution in [0.2, 0.25) is 0 Å². The highest BCUT2D eigenvalue weighted by Crippen LogP contribution is 2.84. The van der Waals surface area contributed by atoms with Crippen LogP contribution in [0.1, 0.15) is 264 Å². The predicted molar refractivity (Wildman–Crippen MR) is 348 cm³/mol. The maximum absolute atomic E-state index is 11.7. The van der Waals surface area contributed by atoms with E-state index >= 15 is 0 Å². The van der Waals surface area contributed by atoms with Crippen LogP contribution in [0.4, 0.5) is 0 Å². The van der Waals surface area contributed by atoms with Gasteiger partial charge in [0.05, 0.1) is 25.4 Å². The molecular formula is C79H130O6. The average molecular weight is 1180 g/mol. The van der Waals surface area contributed by atoms with Gasteiger partial charge in [-0.25, -0.2) is 0 Å². The Bertz CT molecular complexity index is 2460. The highest BCUT2D eigenvalue weighted by Gasteiger charge is 2.79. The number of aliphatic hydroxyl groups excluding tert-OH is 1. The number of hydrogen-bond donors (Lipinski definition) is 1. The molecule has 13 fully saturated rings. The standard InChI is InChI=1S/C29H48O.C26H42O3.C23H36O2.CH4/c1-7-21(19(2)3)9-8-20(4)25-12-13-26-24-11-10-22-18-23(30)14-16-28(22,5)27(24)15-17-29(25,26)6;1-16(6-9-23(27)29-5)19-7-8-20-18-14-22(28-4)26-15-17(26)10-13-25(26,3)21(18)11-12-24(19,20)2;1-14(13-24)17-5-6-18-16-11-20(25-4)23-12-15(23)7-10-22(23,3)19(16)8-9-21(17,18)2;/h8-10,19-21,23-27,30H,7,11-18H2,1-6H3;16-22H,6-15H2,1-5H3;13-20H,5-12H2,1-4H3;1H4/b9-8+;;;/t20-,21?,23-,24?,25?,26?,27?,28+,29-;16-,17?,18?,19?,20?,21?,22-,24-,25-,26?;14-,15?,16?,17?,18?,19?,20-,21-,22-,23?;/m111./s1. The third-order valence-electron chi connectivity index (χ3n) is 33.1. The van der Waals surface area contributed by atoms with Gasteiger partial charge in [0.15, 0.2) is 0 Å². The Labute approximate surface area is 521 Å². The van der Waals surface area contributed by atoms with Gasteiger partial charge >= 0.3 is 5.97 Å². The average Bonchev–Trinajstić information content (AvgIpc) is 1.51. The van der Waals surface area contributed by atoms with Crippen LogP contribution in [0, 0.1) is 156 Å². The molecule has 85 heavy (non-hydrogen) atoms. The third-order valence-corrected chi connectivity index (χ3v) is 33.1. The van der Waals surface area contributed by atoms with Gasteiger partial charge in [-0.2, -0.15) is 0 Å². The fourth-order valence-corrected chi connectivity index (χ4v) is 28.6. The molecule has 482 valence electrons. The summed E-state index contributed by atoms with van der Waals surface area (Å²) in [4.78, 5) is 23.2. The number of fused-ring (bicyclic) bond motifs is 13. The van der Waals surface area contributed by atoms with E-state index in [0.29, 0.717) is 79.7 Å². The van der Waals surface area contributed by atoms with Crippen molar-refractivity contribution in [3.8, 4) is 0 Å². The zero-order valence-corrected chi connectivity index (χ0v) is 56.6. The maximum atomic E-state index is 11.7. The number of esters is 1. The van der Waals surface area contributed by atoms with Crippen molar-refractivity contribution in [2.24, 2.45) is 156 Å². The number of methoxy groups -OCH3 is 3. The molecule has 14 aliphatic carbocycles. The van der Waals surface area contributed by atoms with Gasteiger partial charge in [-0.3, -0.25) is 4.79 Å². The number of ether oxygens (including phenoxy) is 3. The van der Waals surface area contributed by atoms with Crippen LogP contribution in [0.3, 0.4) is 0 Å². The molecule has 14 rings (SSSR count). The summed E-state index contributed by atoms with van der Waals surface area (Å²) in [5.41, 5.74) is 5.47. The van der Waals surface area contributed by atoms with Gasteiger partial charge in [0.1, 0.15) is 6.29 Å². The molecule has 2 spiro atoms. The second-order valence-corrected chi connectivity index (χ2v) is 35.5. The van der Waals surface area contributed by atoms with E-state index in [1.807, 2.05) is 14.2 Å². The molecule has 0 saturated heterocycles. The molecule has 29 atom stereocenters. The van der Waals surface area contributed by atoms with Crippen LogP contribution in [-0.4, -0.2) is 57.0 Å². The van der Waals surface area contributed by atoms with E-state index in [1.165, 1.54) is 161 Å². The minimum Gasteiger partial charge on any atom is -0.469 e. The largest absolute Gasteiger partial charge is 0.469 e. The van der Waals surface area contributed by atoms with Crippen molar-refractivity contribution in [1.29, 1.82) is 0 Å². The van der Waals surface area contributed by atoms with Crippen molar-refractivity contribution >= 4 is 12.3 Å². The molecule has 13 saturated carbocycles. The molecule has 0 heterocycles. The highest BCUT2D eigenvalue weighted by molar-refractivity contribution is 5.69. The Morgan fingerprint density at radius 1 is 0.600 bits per heavy atom. The summed E-state index contributed by atoms with van der Waals surface area (Å²) in [5.74, 6) is 15.0. The number of rotatable bonds is 13. The summed E-state index contributed by atoms with van der Waals surface area (Å²) in [7, 11) is 5.47. The highest BCUT2D eigenvalue weighted by atomic mass is 16.5. The molecule has 0 radical (unpaired) electrons. The molecule has 0 aliphatic heterocycles. The second-order valence-electron chi connectivity index (χ2n) is 35.5. The van der Waals surface area contributed by atoms with Crippen LogP contribution in [0.15, 0.2) is 23.8 Å². The minimum atomic E-state index is -0.0870. The van der Waals surface area contributed by atoms with E-state index in [2.05, 4.69) is 101 Å². The lowest BCUT2D eigenvalue weighted by molar-refractivity contribution is -0.161. The third kappa shape index (κ3) is 9.72. The van der Waals surface area contributed by atoms with Crippen LogP contribution in [0.25, 0.3) is 0 Å². The molecule has 0 aromatic rings. The molecular weight excluding hydrogens is 1040 g/mol. The molecule has 0 aromatic heterocycles. The lowest BCUT2D eigenvalue weighted by atomic mass is 9.45. The van der Waals surface area contributed by atoms with E-state index < -0.39 is 0 Å². The van der Waals surface area contributed by atoms with Crippen LogP contribution >= 0.6 is 0 Å². The van der Waals surface area contributed by atoms with E-state index in [-0.39, 0.29) is 25.4 Å². The van der Waals surface area contributed by atoms with Gasteiger partial charge in [0.25, 0.3) is 0 Å². The fraction of sp³-hybridized carbons (Fsp3) is 0.924. The van der Waals surface area contributed by atoms with Crippen molar-refractivity contribution in [2.45, 2.75) is 282 Å². The summed E-state index contributed by atoms with van der Waals surface area (Å²) in [6.07, 6.45) is 45.1. The first-order valence-corrected chi connectivity index (χ1v) is 36.6. The van der Waals surface area contributed by atoms with Crippen LogP contribution in [0.5, 0.6) is 0 Å². The lowest BCUT2D eigenvalue weighted by Crippen LogP contribution is -2.57. The first kappa shape index (κ1) is 65.0. The monoisotopic (exact) mass is 1170 g/mol. The number of carbonyl (C=O) groups is 2. The molecule has 14 aliphatic rings. The number of aliphatic hydroxyl groups is 1. The predicted octanol–water partition coefficient (Wildman–Crippen LogP) is 19.4. The Morgan fingerprint density at radius 2 is 1.09 bits per heavy atom. The van der Waals surface area contributed by atoms with Crippen LogP contribution < -0.4 is 0 Å². The van der Waals surface area contributed by atoms with E-state index in [9.17, 15) is 14.7 Å². The Morgan fingerprint density at radius 3 is 1.58 bits per heavy atom. The topological polar surface area (TPSA) is 82.1 Å². The molecule has 6 heteroatoms. The smallest absolute Gasteiger partial charge is 0.305 e.